The Hall–Kier alpha value is -1.05. The molecule has 0 rings (SSSR count). The molecule has 0 fully saturated rings. The third-order valence-corrected chi connectivity index (χ3v) is 1.94. The Morgan fingerprint density at radius 2 is 2.12 bits per heavy atom. The Morgan fingerprint density at radius 3 is 2.81 bits per heavy atom. The van der Waals surface area contributed by atoms with E-state index in [0.29, 0.717) is 19.7 Å². The number of carbonyl (C=O) groups excluding carboxylic acids is 1. The van der Waals surface area contributed by atoms with E-state index in [1.807, 2.05) is 0 Å². The smallest absolute Gasteiger partial charge is 0.233 e. The summed E-state index contributed by atoms with van der Waals surface area (Å²) in [6.07, 6.45) is 8.14. The summed E-state index contributed by atoms with van der Waals surface area (Å²) in [5.41, 5.74) is 0. The average molecular weight is 226 g/mol. The first-order chi connectivity index (χ1) is 7.81. The first-order valence-electron chi connectivity index (χ1n) is 5.80. The minimum absolute atomic E-state index is 0.0243. The van der Waals surface area contributed by atoms with Crippen LogP contribution < -0.4 is 10.6 Å². The summed E-state index contributed by atoms with van der Waals surface area (Å²) in [5, 5.41) is 5.61. The van der Waals surface area contributed by atoms with E-state index in [0.717, 1.165) is 25.9 Å². The summed E-state index contributed by atoms with van der Waals surface area (Å²) >= 11 is 0. The van der Waals surface area contributed by atoms with Crippen molar-refractivity contribution in [2.75, 3.05) is 32.8 Å². The molecule has 0 aliphatic rings. The monoisotopic (exact) mass is 226 g/mol. The van der Waals surface area contributed by atoms with Gasteiger partial charge in [-0.1, -0.05) is 19.3 Å². The van der Waals surface area contributed by atoms with E-state index in [1.165, 1.54) is 0 Å². The molecule has 0 saturated heterocycles. The second-order valence-electron chi connectivity index (χ2n) is 3.48. The second kappa shape index (κ2) is 12.0. The first kappa shape index (κ1) is 14.9. The highest BCUT2D eigenvalue weighted by atomic mass is 16.5. The van der Waals surface area contributed by atoms with Crippen LogP contribution in [-0.2, 0) is 9.53 Å². The van der Waals surface area contributed by atoms with Gasteiger partial charge in [-0.25, -0.2) is 0 Å². The number of ether oxygens (including phenoxy) is 1. The van der Waals surface area contributed by atoms with Gasteiger partial charge in [-0.2, -0.15) is 0 Å². The van der Waals surface area contributed by atoms with Crippen LogP contribution in [0.3, 0.4) is 0 Å². The molecule has 1 amide bonds. The third kappa shape index (κ3) is 11.0. The molecule has 2 N–H and O–H groups in total. The van der Waals surface area contributed by atoms with Gasteiger partial charge in [-0.05, 0) is 12.8 Å². The Balaban J connectivity index is 3.12. The Bertz CT molecular complexity index is 212. The summed E-state index contributed by atoms with van der Waals surface area (Å²) in [5.74, 6) is 2.38. The fourth-order valence-electron chi connectivity index (χ4n) is 1.06. The van der Waals surface area contributed by atoms with Crippen LogP contribution in [0, 0.1) is 12.3 Å². The minimum atomic E-state index is -0.0243. The summed E-state index contributed by atoms with van der Waals surface area (Å²) < 4.78 is 5.36. The van der Waals surface area contributed by atoms with Crippen molar-refractivity contribution < 1.29 is 9.53 Å². The molecule has 0 aliphatic carbocycles. The zero-order valence-electron chi connectivity index (χ0n) is 10.1. The molecular weight excluding hydrogens is 204 g/mol. The molecule has 0 aromatic carbocycles. The van der Waals surface area contributed by atoms with Crippen LogP contribution in [0.25, 0.3) is 0 Å². The average Bonchev–Trinajstić information content (AvgIpc) is 2.28. The molecule has 4 heteroatoms. The lowest BCUT2D eigenvalue weighted by Crippen LogP contribution is -2.34. The van der Waals surface area contributed by atoms with E-state index in [4.69, 9.17) is 11.2 Å². The summed E-state index contributed by atoms with van der Waals surface area (Å²) in [7, 11) is 0. The fraction of sp³-hybridized carbons (Fsp3) is 0.750. The van der Waals surface area contributed by atoms with Crippen molar-refractivity contribution >= 4 is 5.91 Å². The molecule has 0 aliphatic heterocycles. The molecule has 4 nitrogen and oxygen atoms in total. The molecule has 0 aromatic rings. The predicted octanol–water partition coefficient (Wildman–Crippen LogP) is 0.532. The molecule has 92 valence electrons. The second-order valence-corrected chi connectivity index (χ2v) is 3.48. The minimum Gasteiger partial charge on any atom is -0.381 e. The van der Waals surface area contributed by atoms with Crippen LogP contribution >= 0.6 is 0 Å². The molecule has 0 heterocycles. The Labute approximate surface area is 98.1 Å². The van der Waals surface area contributed by atoms with Crippen molar-refractivity contribution in [2.45, 2.75) is 26.2 Å². The lowest BCUT2D eigenvalue weighted by Gasteiger charge is -2.05. The van der Waals surface area contributed by atoms with Gasteiger partial charge in [-0.15, -0.1) is 6.42 Å². The van der Waals surface area contributed by atoms with E-state index in [9.17, 15) is 4.79 Å². The first-order valence-corrected chi connectivity index (χ1v) is 5.80. The van der Waals surface area contributed by atoms with Crippen LogP contribution in [0.2, 0.25) is 0 Å². The van der Waals surface area contributed by atoms with Crippen molar-refractivity contribution in [3.05, 3.63) is 0 Å². The zero-order chi connectivity index (χ0) is 12.1. The van der Waals surface area contributed by atoms with Crippen molar-refractivity contribution in [2.24, 2.45) is 0 Å². The van der Waals surface area contributed by atoms with Gasteiger partial charge in [0.25, 0.3) is 0 Å². The SMILES string of the molecule is C#CCNCC(=O)NCCCOCCCC. The maximum atomic E-state index is 11.2. The van der Waals surface area contributed by atoms with E-state index < -0.39 is 0 Å². The van der Waals surface area contributed by atoms with Crippen molar-refractivity contribution in [3.8, 4) is 12.3 Å². The number of hydrogen-bond acceptors (Lipinski definition) is 3. The van der Waals surface area contributed by atoms with Gasteiger partial charge in [0.15, 0.2) is 0 Å². The Morgan fingerprint density at radius 1 is 1.38 bits per heavy atom. The Kier molecular flexibility index (Phi) is 11.2. The number of terminal acetylenes is 1. The highest BCUT2D eigenvalue weighted by Crippen LogP contribution is 1.88. The molecule has 0 atom stereocenters. The molecular formula is C12H22N2O2. The lowest BCUT2D eigenvalue weighted by atomic mass is 10.3. The summed E-state index contributed by atoms with van der Waals surface area (Å²) in [6.45, 7) is 5.01. The van der Waals surface area contributed by atoms with Gasteiger partial charge in [0.2, 0.25) is 5.91 Å². The number of hydrogen-bond donors (Lipinski definition) is 2. The van der Waals surface area contributed by atoms with Crippen molar-refractivity contribution in [1.82, 2.24) is 10.6 Å². The van der Waals surface area contributed by atoms with Gasteiger partial charge in [0.05, 0.1) is 13.1 Å². The highest BCUT2D eigenvalue weighted by Gasteiger charge is 1.98. The number of amides is 1. The molecule has 0 spiro atoms. The number of unbranched alkanes of at least 4 members (excludes halogenated alkanes) is 1. The zero-order valence-corrected chi connectivity index (χ0v) is 10.1. The van der Waals surface area contributed by atoms with E-state index in [1.54, 1.807) is 0 Å². The van der Waals surface area contributed by atoms with Crippen LogP contribution in [0.15, 0.2) is 0 Å². The van der Waals surface area contributed by atoms with Crippen molar-refractivity contribution in [3.63, 3.8) is 0 Å². The maximum absolute atomic E-state index is 11.2. The van der Waals surface area contributed by atoms with Crippen LogP contribution in [0.1, 0.15) is 26.2 Å². The van der Waals surface area contributed by atoms with E-state index >= 15 is 0 Å². The molecule has 0 saturated carbocycles. The van der Waals surface area contributed by atoms with E-state index in [-0.39, 0.29) is 12.5 Å². The van der Waals surface area contributed by atoms with Gasteiger partial charge in [0.1, 0.15) is 0 Å². The fourth-order valence-corrected chi connectivity index (χ4v) is 1.06. The van der Waals surface area contributed by atoms with Gasteiger partial charge < -0.3 is 10.1 Å². The standard InChI is InChI=1S/C12H22N2O2/c1-3-5-9-16-10-6-8-14-12(15)11-13-7-4-2/h2,13H,3,5-11H2,1H3,(H,14,15). The molecule has 16 heavy (non-hydrogen) atoms. The predicted molar refractivity (Wildman–Crippen MR) is 65.1 cm³/mol. The van der Waals surface area contributed by atoms with Gasteiger partial charge in [0, 0.05) is 19.8 Å². The van der Waals surface area contributed by atoms with Crippen molar-refractivity contribution in [1.29, 1.82) is 0 Å². The number of rotatable bonds is 10. The maximum Gasteiger partial charge on any atom is 0.233 e. The van der Waals surface area contributed by atoms with Crippen LogP contribution in [0.4, 0.5) is 0 Å². The summed E-state index contributed by atoms with van der Waals surface area (Å²) in [4.78, 5) is 11.2. The topological polar surface area (TPSA) is 50.4 Å². The summed E-state index contributed by atoms with van der Waals surface area (Å²) in [6, 6.07) is 0. The van der Waals surface area contributed by atoms with E-state index in [2.05, 4.69) is 23.5 Å². The van der Waals surface area contributed by atoms with Crippen LogP contribution in [-0.4, -0.2) is 38.8 Å². The quantitative estimate of drug-likeness (QED) is 0.422. The number of carbonyl (C=O) groups is 1. The third-order valence-electron chi connectivity index (χ3n) is 1.94. The largest absolute Gasteiger partial charge is 0.381 e. The van der Waals surface area contributed by atoms with Crippen LogP contribution in [0.5, 0.6) is 0 Å². The van der Waals surface area contributed by atoms with Gasteiger partial charge >= 0.3 is 0 Å². The lowest BCUT2D eigenvalue weighted by molar-refractivity contribution is -0.120. The molecule has 0 aromatic heterocycles. The number of nitrogens with one attached hydrogen (secondary N) is 2. The molecule has 0 unspecified atom stereocenters. The highest BCUT2D eigenvalue weighted by molar-refractivity contribution is 5.77. The van der Waals surface area contributed by atoms with Gasteiger partial charge in [-0.3, -0.25) is 10.1 Å². The molecule has 0 radical (unpaired) electrons. The normalized spacial score (nSPS) is 9.75. The molecule has 0 bridgehead atoms.